The highest BCUT2D eigenvalue weighted by Crippen LogP contribution is 2.27. The quantitative estimate of drug-likeness (QED) is 0.832. The maximum absolute atomic E-state index is 5.16. The Labute approximate surface area is 124 Å². The molecule has 0 saturated carbocycles. The predicted octanol–water partition coefficient (Wildman–Crippen LogP) is 1.41. The summed E-state index contributed by atoms with van der Waals surface area (Å²) in [5.41, 5.74) is 0. The van der Waals surface area contributed by atoms with Gasteiger partial charge in [0.2, 0.25) is 0 Å². The lowest BCUT2D eigenvalue weighted by molar-refractivity contribution is 0.160. The minimum absolute atomic E-state index is 0.407. The molecule has 0 spiro atoms. The molecule has 0 radical (unpaired) electrons. The van der Waals surface area contributed by atoms with Crippen LogP contribution in [-0.2, 0) is 4.74 Å². The monoisotopic (exact) mass is 287 g/mol. The Balaban J connectivity index is 1.80. The Morgan fingerprint density at radius 1 is 1.38 bits per heavy atom. The molecule has 3 rings (SSSR count). The molecule has 0 amide bonds. The van der Waals surface area contributed by atoms with Crippen LogP contribution in [0.4, 0.5) is 0 Å². The maximum Gasteiger partial charge on any atom is 0.155 e. The van der Waals surface area contributed by atoms with E-state index in [1.165, 1.54) is 0 Å². The highest BCUT2D eigenvalue weighted by molar-refractivity contribution is 5.23. The lowest BCUT2D eigenvalue weighted by Gasteiger charge is -2.15. The zero-order valence-electron chi connectivity index (χ0n) is 12.6. The Morgan fingerprint density at radius 3 is 3.05 bits per heavy atom. The van der Waals surface area contributed by atoms with Crippen LogP contribution >= 0.6 is 0 Å². The number of hydrogen-bond donors (Lipinski definition) is 0. The molecule has 0 aliphatic carbocycles. The van der Waals surface area contributed by atoms with Crippen molar-refractivity contribution in [1.82, 2.24) is 24.6 Å². The van der Waals surface area contributed by atoms with E-state index in [2.05, 4.69) is 20.0 Å². The van der Waals surface area contributed by atoms with E-state index in [9.17, 15) is 0 Å². The van der Waals surface area contributed by atoms with Crippen molar-refractivity contribution in [3.63, 3.8) is 0 Å². The third-order valence-corrected chi connectivity index (χ3v) is 3.85. The van der Waals surface area contributed by atoms with Crippen molar-refractivity contribution in [1.29, 1.82) is 0 Å². The second kappa shape index (κ2) is 6.32. The van der Waals surface area contributed by atoms with Gasteiger partial charge in [-0.3, -0.25) is 0 Å². The minimum Gasteiger partial charge on any atom is -0.383 e. The molecule has 0 aromatic carbocycles. The Kier molecular flexibility index (Phi) is 4.26. The topological polar surface area (TPSA) is 56.1 Å². The average molecular weight is 287 g/mol. The number of rotatable bonds is 5. The van der Waals surface area contributed by atoms with Crippen LogP contribution in [0.15, 0.2) is 24.4 Å². The number of aromatic nitrogens is 4. The fourth-order valence-electron chi connectivity index (χ4n) is 2.81. The fraction of sp³-hybridized carbons (Fsp3) is 0.533. The SMILES string of the molecule is COCCN1CC[C@@H](c2nc(C)nn2-c2ccccn2)C1. The number of methoxy groups -OCH3 is 1. The molecular formula is C15H21N5O. The van der Waals surface area contributed by atoms with Gasteiger partial charge in [-0.15, -0.1) is 5.10 Å². The van der Waals surface area contributed by atoms with Gasteiger partial charge in [0, 0.05) is 32.3 Å². The molecule has 0 bridgehead atoms. The summed E-state index contributed by atoms with van der Waals surface area (Å²) in [7, 11) is 1.74. The molecule has 112 valence electrons. The molecule has 2 aromatic heterocycles. The first kappa shape index (κ1) is 14.2. The fourth-order valence-corrected chi connectivity index (χ4v) is 2.81. The molecule has 2 aromatic rings. The molecule has 0 N–H and O–H groups in total. The second-order valence-electron chi connectivity index (χ2n) is 5.40. The third kappa shape index (κ3) is 3.11. The summed E-state index contributed by atoms with van der Waals surface area (Å²) in [6.07, 6.45) is 2.89. The van der Waals surface area contributed by atoms with Gasteiger partial charge in [-0.1, -0.05) is 6.07 Å². The van der Waals surface area contributed by atoms with Gasteiger partial charge < -0.3 is 9.64 Å². The molecule has 0 unspecified atom stereocenters. The van der Waals surface area contributed by atoms with Crippen LogP contribution in [-0.4, -0.2) is 58.0 Å². The van der Waals surface area contributed by atoms with E-state index in [1.807, 2.05) is 29.8 Å². The molecular weight excluding hydrogens is 266 g/mol. The molecule has 1 aliphatic heterocycles. The van der Waals surface area contributed by atoms with E-state index in [1.54, 1.807) is 13.3 Å². The van der Waals surface area contributed by atoms with Crippen molar-refractivity contribution in [2.45, 2.75) is 19.3 Å². The van der Waals surface area contributed by atoms with Crippen molar-refractivity contribution >= 4 is 0 Å². The number of ether oxygens (including phenoxy) is 1. The Morgan fingerprint density at radius 2 is 2.29 bits per heavy atom. The van der Waals surface area contributed by atoms with E-state index in [0.717, 1.165) is 50.1 Å². The summed E-state index contributed by atoms with van der Waals surface area (Å²) in [4.78, 5) is 11.4. The van der Waals surface area contributed by atoms with Crippen LogP contribution in [0.25, 0.3) is 5.82 Å². The number of likely N-dealkylation sites (tertiary alicyclic amines) is 1. The van der Waals surface area contributed by atoms with Crippen molar-refractivity contribution in [3.8, 4) is 5.82 Å². The molecule has 1 fully saturated rings. The van der Waals surface area contributed by atoms with Gasteiger partial charge in [-0.25, -0.2) is 9.97 Å². The zero-order valence-corrected chi connectivity index (χ0v) is 12.6. The van der Waals surface area contributed by atoms with Crippen LogP contribution in [0.1, 0.15) is 24.0 Å². The van der Waals surface area contributed by atoms with E-state index in [-0.39, 0.29) is 0 Å². The van der Waals surface area contributed by atoms with E-state index >= 15 is 0 Å². The number of aryl methyl sites for hydroxylation is 1. The van der Waals surface area contributed by atoms with Gasteiger partial charge >= 0.3 is 0 Å². The lowest BCUT2D eigenvalue weighted by atomic mass is 10.1. The van der Waals surface area contributed by atoms with Gasteiger partial charge in [-0.05, 0) is 32.0 Å². The molecule has 1 aliphatic rings. The Hall–Kier alpha value is -1.79. The first-order valence-corrected chi connectivity index (χ1v) is 7.34. The van der Waals surface area contributed by atoms with Gasteiger partial charge in [0.05, 0.1) is 6.61 Å². The number of hydrogen-bond acceptors (Lipinski definition) is 5. The molecule has 1 saturated heterocycles. The van der Waals surface area contributed by atoms with Crippen LogP contribution < -0.4 is 0 Å². The summed E-state index contributed by atoms with van der Waals surface area (Å²) < 4.78 is 7.05. The van der Waals surface area contributed by atoms with Gasteiger partial charge in [0.1, 0.15) is 11.6 Å². The normalized spacial score (nSPS) is 19.2. The first-order valence-electron chi connectivity index (χ1n) is 7.34. The molecule has 3 heterocycles. The van der Waals surface area contributed by atoms with E-state index < -0.39 is 0 Å². The number of pyridine rings is 1. The molecule has 21 heavy (non-hydrogen) atoms. The highest BCUT2D eigenvalue weighted by atomic mass is 16.5. The van der Waals surface area contributed by atoms with Crippen LogP contribution in [0, 0.1) is 6.92 Å². The van der Waals surface area contributed by atoms with Crippen LogP contribution in [0.3, 0.4) is 0 Å². The maximum atomic E-state index is 5.16. The lowest BCUT2D eigenvalue weighted by Crippen LogP contribution is -2.25. The van der Waals surface area contributed by atoms with Crippen molar-refractivity contribution in [2.75, 3.05) is 33.4 Å². The van der Waals surface area contributed by atoms with E-state index in [0.29, 0.717) is 5.92 Å². The van der Waals surface area contributed by atoms with Crippen molar-refractivity contribution in [2.24, 2.45) is 0 Å². The standard InChI is InChI=1S/C15H21N5O/c1-12-17-15(13-6-8-19(11-13)9-10-21-2)20(18-12)14-5-3-4-7-16-14/h3-5,7,13H,6,8-11H2,1-2H3/t13-/m1/s1. The highest BCUT2D eigenvalue weighted by Gasteiger charge is 2.28. The summed E-state index contributed by atoms with van der Waals surface area (Å²) in [6.45, 7) is 5.78. The smallest absolute Gasteiger partial charge is 0.155 e. The first-order chi connectivity index (χ1) is 10.3. The van der Waals surface area contributed by atoms with E-state index in [4.69, 9.17) is 4.74 Å². The average Bonchev–Trinajstić information content (AvgIpc) is 3.12. The van der Waals surface area contributed by atoms with Gasteiger partial charge in [-0.2, -0.15) is 4.68 Å². The zero-order chi connectivity index (χ0) is 14.7. The minimum atomic E-state index is 0.407. The number of nitrogens with zero attached hydrogens (tertiary/aromatic N) is 5. The third-order valence-electron chi connectivity index (χ3n) is 3.85. The van der Waals surface area contributed by atoms with Gasteiger partial charge in [0.15, 0.2) is 5.82 Å². The van der Waals surface area contributed by atoms with Crippen LogP contribution in [0.2, 0.25) is 0 Å². The summed E-state index contributed by atoms with van der Waals surface area (Å²) >= 11 is 0. The Bertz CT molecular complexity index is 583. The van der Waals surface area contributed by atoms with Crippen molar-refractivity contribution < 1.29 is 4.74 Å². The van der Waals surface area contributed by atoms with Crippen molar-refractivity contribution in [3.05, 3.63) is 36.0 Å². The molecule has 6 heteroatoms. The summed E-state index contributed by atoms with van der Waals surface area (Å²) in [5.74, 6) is 3.06. The predicted molar refractivity (Wildman–Crippen MR) is 79.6 cm³/mol. The molecule has 6 nitrogen and oxygen atoms in total. The van der Waals surface area contributed by atoms with Gasteiger partial charge in [0.25, 0.3) is 0 Å². The second-order valence-corrected chi connectivity index (χ2v) is 5.40. The van der Waals surface area contributed by atoms with Crippen LogP contribution in [0.5, 0.6) is 0 Å². The summed E-state index contributed by atoms with van der Waals surface area (Å²) in [6, 6.07) is 5.85. The largest absolute Gasteiger partial charge is 0.383 e. The summed E-state index contributed by atoms with van der Waals surface area (Å²) in [5, 5.41) is 4.51. The molecule has 1 atom stereocenters.